The Morgan fingerprint density at radius 1 is 1.17 bits per heavy atom. The number of aromatic nitrogens is 6. The van der Waals surface area contributed by atoms with E-state index in [4.69, 9.17) is 5.11 Å². The lowest BCUT2D eigenvalue weighted by molar-refractivity contribution is -0.121. The fourth-order valence-corrected chi connectivity index (χ4v) is 3.60. The van der Waals surface area contributed by atoms with E-state index in [2.05, 4.69) is 25.6 Å². The predicted octanol–water partition coefficient (Wildman–Crippen LogP) is 2.63. The van der Waals surface area contributed by atoms with Gasteiger partial charge in [0.05, 0.1) is 24.0 Å². The van der Waals surface area contributed by atoms with Crippen LogP contribution in [0.5, 0.6) is 0 Å². The van der Waals surface area contributed by atoms with Gasteiger partial charge in [-0.15, -0.1) is 5.10 Å². The fraction of sp³-hybridized carbons (Fsp3) is 0.250. The summed E-state index contributed by atoms with van der Waals surface area (Å²) in [5.41, 5.74) is 3.10. The molecule has 180 valence electrons. The third-order valence-corrected chi connectivity index (χ3v) is 5.63. The number of hydrogen-bond donors (Lipinski definition) is 2. The number of hydrogen-bond acceptors (Lipinski definition) is 6. The monoisotopic (exact) mass is 477 g/mol. The zero-order valence-electron chi connectivity index (χ0n) is 19.1. The van der Waals surface area contributed by atoms with Gasteiger partial charge in [0.1, 0.15) is 11.5 Å². The Morgan fingerprint density at radius 2 is 2.03 bits per heavy atom. The van der Waals surface area contributed by atoms with Crippen molar-refractivity contribution >= 4 is 11.9 Å². The SMILES string of the molecule is Cc1c(C(=O)O)ccn1CCn1cc(-c2ccc(CNC(=O)CCc3cnccn3)c(F)c2)nn1. The Bertz CT molecular complexity index is 1330. The molecular weight excluding hydrogens is 453 g/mol. The van der Waals surface area contributed by atoms with Crippen LogP contribution in [0.4, 0.5) is 4.39 Å². The van der Waals surface area contributed by atoms with Gasteiger partial charge in [0.2, 0.25) is 5.91 Å². The average molecular weight is 478 g/mol. The molecule has 0 spiro atoms. The van der Waals surface area contributed by atoms with Crippen molar-refractivity contribution < 1.29 is 19.1 Å². The number of aromatic carboxylic acids is 1. The molecule has 0 bridgehead atoms. The molecule has 0 atom stereocenters. The Balaban J connectivity index is 1.31. The summed E-state index contributed by atoms with van der Waals surface area (Å²) in [6, 6.07) is 6.27. The smallest absolute Gasteiger partial charge is 0.337 e. The molecule has 0 saturated carbocycles. The summed E-state index contributed by atoms with van der Waals surface area (Å²) in [6.45, 7) is 2.82. The number of nitrogens with one attached hydrogen (secondary N) is 1. The highest BCUT2D eigenvalue weighted by atomic mass is 19.1. The number of aryl methyl sites for hydroxylation is 3. The van der Waals surface area contributed by atoms with Crippen molar-refractivity contribution in [2.45, 2.75) is 39.4 Å². The maximum atomic E-state index is 14.6. The van der Waals surface area contributed by atoms with E-state index in [1.807, 2.05) is 4.57 Å². The number of carbonyl (C=O) groups is 2. The molecule has 0 radical (unpaired) electrons. The molecule has 4 rings (SSSR count). The highest BCUT2D eigenvalue weighted by molar-refractivity contribution is 5.88. The van der Waals surface area contributed by atoms with Crippen LogP contribution in [0, 0.1) is 12.7 Å². The summed E-state index contributed by atoms with van der Waals surface area (Å²) >= 11 is 0. The van der Waals surface area contributed by atoms with Gasteiger partial charge in [-0.2, -0.15) is 0 Å². The zero-order chi connectivity index (χ0) is 24.8. The molecule has 3 aromatic heterocycles. The number of amides is 1. The van der Waals surface area contributed by atoms with E-state index < -0.39 is 11.8 Å². The van der Waals surface area contributed by atoms with Gasteiger partial charge in [0.25, 0.3) is 0 Å². The van der Waals surface area contributed by atoms with Gasteiger partial charge in [0, 0.05) is 61.1 Å². The molecule has 0 saturated heterocycles. The van der Waals surface area contributed by atoms with Gasteiger partial charge < -0.3 is 15.0 Å². The van der Waals surface area contributed by atoms with Crippen molar-refractivity contribution in [2.75, 3.05) is 0 Å². The van der Waals surface area contributed by atoms with E-state index in [-0.39, 0.29) is 24.4 Å². The molecule has 10 nitrogen and oxygen atoms in total. The largest absolute Gasteiger partial charge is 0.478 e. The first-order valence-electron chi connectivity index (χ1n) is 11.0. The summed E-state index contributed by atoms with van der Waals surface area (Å²) in [6.07, 6.45) is 8.88. The van der Waals surface area contributed by atoms with Crippen molar-refractivity contribution in [1.82, 2.24) is 34.8 Å². The predicted molar refractivity (Wildman–Crippen MR) is 124 cm³/mol. The average Bonchev–Trinajstić information content (AvgIpc) is 3.48. The second-order valence-electron chi connectivity index (χ2n) is 7.96. The van der Waals surface area contributed by atoms with Crippen molar-refractivity contribution in [1.29, 1.82) is 0 Å². The Kier molecular flexibility index (Phi) is 7.24. The van der Waals surface area contributed by atoms with E-state index in [1.54, 1.807) is 60.8 Å². The molecule has 0 fully saturated rings. The normalized spacial score (nSPS) is 10.9. The van der Waals surface area contributed by atoms with Crippen LogP contribution in [0.25, 0.3) is 11.3 Å². The maximum Gasteiger partial charge on any atom is 0.337 e. The van der Waals surface area contributed by atoms with Gasteiger partial charge in [-0.05, 0) is 25.5 Å². The molecule has 0 unspecified atom stereocenters. The summed E-state index contributed by atoms with van der Waals surface area (Å²) in [7, 11) is 0. The van der Waals surface area contributed by atoms with Crippen molar-refractivity contribution in [2.24, 2.45) is 0 Å². The Labute approximate surface area is 200 Å². The van der Waals surface area contributed by atoms with Gasteiger partial charge in [-0.1, -0.05) is 17.3 Å². The molecule has 0 aliphatic carbocycles. The minimum Gasteiger partial charge on any atom is -0.478 e. The van der Waals surface area contributed by atoms with Crippen LogP contribution in [0.1, 0.15) is 33.7 Å². The van der Waals surface area contributed by atoms with Crippen molar-refractivity contribution in [3.63, 3.8) is 0 Å². The van der Waals surface area contributed by atoms with Crippen LogP contribution >= 0.6 is 0 Å². The highest BCUT2D eigenvalue weighted by Gasteiger charge is 2.13. The van der Waals surface area contributed by atoms with Crippen LogP contribution < -0.4 is 5.32 Å². The zero-order valence-corrected chi connectivity index (χ0v) is 19.1. The number of carboxylic acid groups (broad SMARTS) is 1. The summed E-state index contributed by atoms with van der Waals surface area (Å²) < 4.78 is 18.1. The molecule has 1 amide bonds. The molecule has 0 aliphatic rings. The number of rotatable bonds is 10. The van der Waals surface area contributed by atoms with E-state index in [9.17, 15) is 14.0 Å². The van der Waals surface area contributed by atoms with Gasteiger partial charge in [-0.25, -0.2) is 9.18 Å². The molecule has 1 aromatic carbocycles. The number of carbonyl (C=O) groups excluding carboxylic acids is 1. The van der Waals surface area contributed by atoms with Gasteiger partial charge in [-0.3, -0.25) is 19.4 Å². The Morgan fingerprint density at radius 3 is 2.74 bits per heavy atom. The molecule has 4 aromatic rings. The minimum atomic E-state index is -0.962. The first-order valence-corrected chi connectivity index (χ1v) is 11.0. The molecule has 3 heterocycles. The Hall–Kier alpha value is -4.41. The lowest BCUT2D eigenvalue weighted by Crippen LogP contribution is -2.23. The van der Waals surface area contributed by atoms with Crippen molar-refractivity contribution in [3.05, 3.63) is 83.6 Å². The summed E-state index contributed by atoms with van der Waals surface area (Å²) in [5, 5.41) is 20.1. The van der Waals surface area contributed by atoms with Crippen LogP contribution in [-0.2, 0) is 30.8 Å². The van der Waals surface area contributed by atoms with Crippen LogP contribution in [0.2, 0.25) is 0 Å². The lowest BCUT2D eigenvalue weighted by Gasteiger charge is -2.07. The summed E-state index contributed by atoms with van der Waals surface area (Å²) in [4.78, 5) is 31.3. The second kappa shape index (κ2) is 10.7. The van der Waals surface area contributed by atoms with Gasteiger partial charge in [0.15, 0.2) is 0 Å². The topological polar surface area (TPSA) is 128 Å². The number of nitrogens with zero attached hydrogens (tertiary/aromatic N) is 6. The minimum absolute atomic E-state index is 0.0760. The van der Waals surface area contributed by atoms with E-state index >= 15 is 0 Å². The third kappa shape index (κ3) is 5.94. The van der Waals surface area contributed by atoms with Crippen LogP contribution in [0.15, 0.2) is 55.2 Å². The molecule has 0 aliphatic heterocycles. The van der Waals surface area contributed by atoms with Gasteiger partial charge >= 0.3 is 5.97 Å². The fourth-order valence-electron chi connectivity index (χ4n) is 3.60. The standard InChI is InChI=1S/C24H24FN7O3/c1-16-20(24(34)35)6-9-31(16)10-11-32-15-22(29-30-32)17-2-3-18(21(25)12-17)13-28-23(33)5-4-19-14-26-7-8-27-19/h2-3,6-9,12,14-15H,4-5,10-11,13H2,1H3,(H,28,33)(H,34,35). The van der Waals surface area contributed by atoms with Crippen LogP contribution in [-0.4, -0.2) is 46.5 Å². The van der Waals surface area contributed by atoms with Crippen LogP contribution in [0.3, 0.4) is 0 Å². The lowest BCUT2D eigenvalue weighted by atomic mass is 10.1. The number of halogens is 1. The number of carboxylic acids is 1. The summed E-state index contributed by atoms with van der Waals surface area (Å²) in [5.74, 6) is -1.61. The van der Waals surface area contributed by atoms with E-state index in [0.717, 1.165) is 5.69 Å². The quantitative estimate of drug-likeness (QED) is 0.359. The molecule has 35 heavy (non-hydrogen) atoms. The van der Waals surface area contributed by atoms with E-state index in [1.165, 1.54) is 6.07 Å². The molecule has 2 N–H and O–H groups in total. The third-order valence-electron chi connectivity index (χ3n) is 5.63. The maximum absolute atomic E-state index is 14.6. The molecule has 11 heteroatoms. The first kappa shape index (κ1) is 23.7. The van der Waals surface area contributed by atoms with Crippen molar-refractivity contribution in [3.8, 4) is 11.3 Å². The second-order valence-corrected chi connectivity index (χ2v) is 7.96. The highest BCUT2D eigenvalue weighted by Crippen LogP contribution is 2.20. The molecular formula is C24H24FN7O3. The number of benzene rings is 1. The van der Waals surface area contributed by atoms with E-state index in [0.29, 0.717) is 42.0 Å². The first-order chi connectivity index (χ1) is 16.9.